The number of nitrogens with zero attached hydrogens (tertiary/aromatic N) is 3. The number of fused-ring (bicyclic) bond motifs is 1. The van der Waals surface area contributed by atoms with E-state index in [0.29, 0.717) is 17.6 Å². The second-order valence-corrected chi connectivity index (χ2v) is 7.30. The normalized spacial score (nSPS) is 12.2. The molecule has 2 aromatic carbocycles. The minimum absolute atomic E-state index is 0.208. The van der Waals surface area contributed by atoms with Gasteiger partial charge in [-0.25, -0.2) is 9.48 Å². The first kappa shape index (κ1) is 19.7. The lowest BCUT2D eigenvalue weighted by Crippen LogP contribution is -2.35. The molecule has 0 saturated carbocycles. The summed E-state index contributed by atoms with van der Waals surface area (Å²) in [6.07, 6.45) is 3.62. The molecule has 1 unspecified atom stereocenters. The SMILES string of the molecule is Cc1nn(-c2ccccc2)cc1CCCNC(=O)C(C)n1c(=O)oc2ccccc21. The molecule has 0 radical (unpaired) electrons. The molecule has 154 valence electrons. The van der Waals surface area contributed by atoms with Crippen molar-refractivity contribution in [3.63, 3.8) is 0 Å². The maximum Gasteiger partial charge on any atom is 0.420 e. The number of hydrogen-bond acceptors (Lipinski definition) is 4. The fourth-order valence-corrected chi connectivity index (χ4v) is 3.56. The Balaban J connectivity index is 1.35. The first-order valence-electron chi connectivity index (χ1n) is 10.0. The summed E-state index contributed by atoms with van der Waals surface area (Å²) in [5, 5.41) is 7.50. The fourth-order valence-electron chi connectivity index (χ4n) is 3.56. The zero-order valence-electron chi connectivity index (χ0n) is 17.0. The van der Waals surface area contributed by atoms with Crippen molar-refractivity contribution in [2.75, 3.05) is 6.54 Å². The molecule has 0 bridgehead atoms. The summed E-state index contributed by atoms with van der Waals surface area (Å²) >= 11 is 0. The molecule has 0 saturated heterocycles. The largest absolute Gasteiger partial charge is 0.420 e. The number of oxazole rings is 1. The average Bonchev–Trinajstić information content (AvgIpc) is 3.30. The molecule has 4 rings (SSSR count). The third-order valence-electron chi connectivity index (χ3n) is 5.23. The maximum absolute atomic E-state index is 12.6. The van der Waals surface area contributed by atoms with Crippen LogP contribution in [0.4, 0.5) is 0 Å². The molecule has 0 aliphatic rings. The summed E-state index contributed by atoms with van der Waals surface area (Å²) in [5.74, 6) is -0.733. The summed E-state index contributed by atoms with van der Waals surface area (Å²) in [7, 11) is 0. The number of rotatable bonds is 7. The fraction of sp³-hybridized carbons (Fsp3) is 0.261. The standard InChI is InChI=1S/C23H24N4O3/c1-16-18(15-26(25-16)19-10-4-3-5-11-19)9-8-14-24-22(28)17(2)27-20-12-6-7-13-21(20)30-23(27)29/h3-7,10-13,15,17H,8-9,14H2,1-2H3,(H,24,28). The van der Waals surface area contributed by atoms with Gasteiger partial charge in [-0.15, -0.1) is 0 Å². The highest BCUT2D eigenvalue weighted by atomic mass is 16.4. The first-order valence-corrected chi connectivity index (χ1v) is 10.0. The Labute approximate surface area is 173 Å². The Morgan fingerprint density at radius 1 is 1.13 bits per heavy atom. The van der Waals surface area contributed by atoms with Crippen LogP contribution in [0, 0.1) is 6.92 Å². The smallest absolute Gasteiger partial charge is 0.408 e. The second-order valence-electron chi connectivity index (χ2n) is 7.30. The summed E-state index contributed by atoms with van der Waals surface area (Å²) in [5.41, 5.74) is 4.25. The van der Waals surface area contributed by atoms with Crippen LogP contribution in [-0.4, -0.2) is 26.8 Å². The lowest BCUT2D eigenvalue weighted by atomic mass is 10.1. The number of nitrogens with one attached hydrogen (secondary N) is 1. The van der Waals surface area contributed by atoms with Gasteiger partial charge in [0.1, 0.15) is 6.04 Å². The lowest BCUT2D eigenvalue weighted by Gasteiger charge is -2.13. The Morgan fingerprint density at radius 3 is 2.67 bits per heavy atom. The van der Waals surface area contributed by atoms with Crippen molar-refractivity contribution in [2.45, 2.75) is 32.7 Å². The van der Waals surface area contributed by atoms with Crippen LogP contribution in [-0.2, 0) is 11.2 Å². The highest BCUT2D eigenvalue weighted by Crippen LogP contribution is 2.17. The van der Waals surface area contributed by atoms with E-state index in [1.807, 2.05) is 54.2 Å². The molecule has 0 aliphatic carbocycles. The highest BCUT2D eigenvalue weighted by molar-refractivity contribution is 5.82. The van der Waals surface area contributed by atoms with Gasteiger partial charge in [-0.3, -0.25) is 9.36 Å². The maximum atomic E-state index is 12.6. The van der Waals surface area contributed by atoms with Crippen molar-refractivity contribution in [3.8, 4) is 5.69 Å². The molecular weight excluding hydrogens is 380 g/mol. The van der Waals surface area contributed by atoms with Gasteiger partial charge in [0.2, 0.25) is 5.91 Å². The predicted octanol–water partition coefficient (Wildman–Crippen LogP) is 3.40. The summed E-state index contributed by atoms with van der Waals surface area (Å²) < 4.78 is 8.49. The number of hydrogen-bond donors (Lipinski definition) is 1. The number of carbonyl (C=O) groups is 1. The topological polar surface area (TPSA) is 82.1 Å². The van der Waals surface area contributed by atoms with Gasteiger partial charge in [-0.05, 0) is 56.5 Å². The van der Waals surface area contributed by atoms with Crippen LogP contribution in [0.2, 0.25) is 0 Å². The molecule has 1 atom stereocenters. The van der Waals surface area contributed by atoms with Crippen molar-refractivity contribution in [1.82, 2.24) is 19.7 Å². The van der Waals surface area contributed by atoms with Gasteiger partial charge in [0.15, 0.2) is 5.58 Å². The summed E-state index contributed by atoms with van der Waals surface area (Å²) in [4.78, 5) is 24.7. The number of amides is 1. The Hall–Kier alpha value is -3.61. The van der Waals surface area contributed by atoms with Gasteiger partial charge in [-0.1, -0.05) is 30.3 Å². The van der Waals surface area contributed by atoms with E-state index in [1.54, 1.807) is 25.1 Å². The van der Waals surface area contributed by atoms with Gasteiger partial charge in [0.25, 0.3) is 0 Å². The summed E-state index contributed by atoms with van der Waals surface area (Å²) in [6.45, 7) is 4.21. The zero-order valence-corrected chi connectivity index (χ0v) is 17.0. The molecule has 1 amide bonds. The minimum Gasteiger partial charge on any atom is -0.408 e. The number of aromatic nitrogens is 3. The van der Waals surface area contributed by atoms with Crippen LogP contribution in [0.25, 0.3) is 16.8 Å². The van der Waals surface area contributed by atoms with Crippen LogP contribution in [0.1, 0.15) is 30.6 Å². The lowest BCUT2D eigenvalue weighted by molar-refractivity contribution is -0.123. The molecule has 0 spiro atoms. The highest BCUT2D eigenvalue weighted by Gasteiger charge is 2.20. The first-order chi connectivity index (χ1) is 14.5. The quantitative estimate of drug-likeness (QED) is 0.479. The van der Waals surface area contributed by atoms with Crippen molar-refractivity contribution >= 4 is 17.0 Å². The molecule has 30 heavy (non-hydrogen) atoms. The van der Waals surface area contributed by atoms with Crippen molar-refractivity contribution in [2.24, 2.45) is 0 Å². The van der Waals surface area contributed by atoms with Crippen molar-refractivity contribution in [3.05, 3.63) is 82.6 Å². The summed E-state index contributed by atoms with van der Waals surface area (Å²) in [6, 6.07) is 16.4. The van der Waals surface area contributed by atoms with E-state index in [9.17, 15) is 9.59 Å². The molecule has 2 aromatic heterocycles. The van der Waals surface area contributed by atoms with Crippen molar-refractivity contribution < 1.29 is 9.21 Å². The third kappa shape index (κ3) is 3.91. The van der Waals surface area contributed by atoms with Crippen LogP contribution in [0.5, 0.6) is 0 Å². The molecular formula is C23H24N4O3. The van der Waals surface area contributed by atoms with Gasteiger partial charge >= 0.3 is 5.76 Å². The number of aryl methyl sites for hydroxylation is 2. The van der Waals surface area contributed by atoms with E-state index < -0.39 is 11.8 Å². The molecule has 2 heterocycles. The Kier molecular flexibility index (Phi) is 5.52. The molecule has 1 N–H and O–H groups in total. The van der Waals surface area contributed by atoms with Gasteiger partial charge in [-0.2, -0.15) is 5.10 Å². The average molecular weight is 404 g/mol. The second kappa shape index (κ2) is 8.41. The van der Waals surface area contributed by atoms with E-state index >= 15 is 0 Å². The Morgan fingerprint density at radius 2 is 1.87 bits per heavy atom. The number of carbonyl (C=O) groups excluding carboxylic acids is 1. The van der Waals surface area contributed by atoms with Crippen LogP contribution >= 0.6 is 0 Å². The van der Waals surface area contributed by atoms with Gasteiger partial charge in [0.05, 0.1) is 16.9 Å². The number of para-hydroxylation sites is 3. The van der Waals surface area contributed by atoms with Crippen LogP contribution in [0.3, 0.4) is 0 Å². The predicted molar refractivity (Wildman–Crippen MR) is 115 cm³/mol. The van der Waals surface area contributed by atoms with Gasteiger partial charge < -0.3 is 9.73 Å². The zero-order chi connectivity index (χ0) is 21.1. The van der Waals surface area contributed by atoms with Crippen LogP contribution < -0.4 is 11.1 Å². The van der Waals surface area contributed by atoms with Crippen molar-refractivity contribution in [1.29, 1.82) is 0 Å². The van der Waals surface area contributed by atoms with E-state index in [0.717, 1.165) is 29.8 Å². The molecule has 7 heteroatoms. The molecule has 7 nitrogen and oxygen atoms in total. The molecule has 0 fully saturated rings. The Bertz CT molecular complexity index is 1220. The van der Waals surface area contributed by atoms with E-state index in [1.165, 1.54) is 4.57 Å². The van der Waals surface area contributed by atoms with E-state index in [-0.39, 0.29) is 5.91 Å². The number of benzene rings is 2. The van der Waals surface area contributed by atoms with Crippen LogP contribution in [0.15, 0.2) is 70.0 Å². The minimum atomic E-state index is -0.649. The molecule has 4 aromatic rings. The molecule has 0 aliphatic heterocycles. The van der Waals surface area contributed by atoms with E-state index in [4.69, 9.17) is 4.42 Å². The monoisotopic (exact) mass is 404 g/mol. The third-order valence-corrected chi connectivity index (χ3v) is 5.23. The van der Waals surface area contributed by atoms with E-state index in [2.05, 4.69) is 10.4 Å². The van der Waals surface area contributed by atoms with Gasteiger partial charge in [0, 0.05) is 12.7 Å².